The Morgan fingerprint density at radius 3 is 2.42 bits per heavy atom. The average molecular weight is 491 g/mol. The second-order valence-corrected chi connectivity index (χ2v) is 9.45. The van der Waals surface area contributed by atoms with Gasteiger partial charge in [0.2, 0.25) is 5.43 Å². The Morgan fingerprint density at radius 2 is 1.75 bits per heavy atom. The lowest BCUT2D eigenvalue weighted by Crippen LogP contribution is -2.40. The van der Waals surface area contributed by atoms with Crippen molar-refractivity contribution < 1.29 is 14.0 Å². The fourth-order valence-electron chi connectivity index (χ4n) is 4.62. The third-order valence-electron chi connectivity index (χ3n) is 6.68. The molecular formula is C28H34N4O4. The summed E-state index contributed by atoms with van der Waals surface area (Å²) in [5.74, 6) is -0.390. The zero-order valence-electron chi connectivity index (χ0n) is 20.7. The van der Waals surface area contributed by atoms with Gasteiger partial charge in [0.1, 0.15) is 16.9 Å². The number of carbonyl (C=O) groups excluding carboxylic acids is 2. The number of pyridine rings is 2. The molecule has 8 heteroatoms. The molecule has 2 amide bonds. The van der Waals surface area contributed by atoms with E-state index in [9.17, 15) is 14.4 Å². The Balaban J connectivity index is 1.58. The van der Waals surface area contributed by atoms with Gasteiger partial charge in [0, 0.05) is 43.3 Å². The van der Waals surface area contributed by atoms with E-state index in [1.807, 2.05) is 18.2 Å². The Labute approximate surface area is 211 Å². The van der Waals surface area contributed by atoms with Crippen LogP contribution in [0.5, 0.6) is 0 Å². The van der Waals surface area contributed by atoms with Gasteiger partial charge >= 0.3 is 0 Å². The summed E-state index contributed by atoms with van der Waals surface area (Å²) >= 11 is 0. The summed E-state index contributed by atoms with van der Waals surface area (Å²) in [5.41, 5.74) is 0.224. The highest BCUT2D eigenvalue weighted by Gasteiger charge is 2.23. The van der Waals surface area contributed by atoms with E-state index in [1.165, 1.54) is 18.9 Å². The molecule has 4 rings (SSSR count). The Kier molecular flexibility index (Phi) is 8.71. The standard InChI is InChI=1S/C28H34N4O4/c1-20(25-13-9-17-36-25)30-27(34)23-18-32(16-14-21-10-7-8-15-29-21)19-24(26(23)33)28(35)31-22-11-5-3-2-4-6-12-22/h7-10,13,15,17-20,22H,2-6,11-12,14,16H2,1H3,(H,30,34)(H,31,35)/t20-/m0/s1. The molecule has 0 aliphatic heterocycles. The first-order valence-electron chi connectivity index (χ1n) is 12.8. The molecule has 0 spiro atoms. The van der Waals surface area contributed by atoms with Gasteiger partial charge in [-0.2, -0.15) is 0 Å². The molecule has 0 saturated heterocycles. The maximum atomic E-state index is 13.3. The normalized spacial score (nSPS) is 15.5. The molecular weight excluding hydrogens is 456 g/mol. The van der Waals surface area contributed by atoms with Gasteiger partial charge in [-0.3, -0.25) is 19.4 Å². The van der Waals surface area contributed by atoms with Crippen LogP contribution in [0.25, 0.3) is 0 Å². The molecule has 1 aliphatic carbocycles. The summed E-state index contributed by atoms with van der Waals surface area (Å²) in [7, 11) is 0. The third-order valence-corrected chi connectivity index (χ3v) is 6.68. The maximum absolute atomic E-state index is 13.3. The summed E-state index contributed by atoms with van der Waals surface area (Å²) in [6.07, 6.45) is 14.4. The lowest BCUT2D eigenvalue weighted by molar-refractivity contribution is 0.0928. The van der Waals surface area contributed by atoms with Crippen LogP contribution >= 0.6 is 0 Å². The molecule has 2 N–H and O–H groups in total. The number of nitrogens with zero attached hydrogens (tertiary/aromatic N) is 2. The Hall–Kier alpha value is -3.68. The number of carbonyl (C=O) groups is 2. The van der Waals surface area contributed by atoms with E-state index in [0.29, 0.717) is 18.7 Å². The van der Waals surface area contributed by atoms with Crippen molar-refractivity contribution in [2.24, 2.45) is 0 Å². The molecule has 3 aromatic rings. The number of aryl methyl sites for hydroxylation is 2. The van der Waals surface area contributed by atoms with E-state index in [4.69, 9.17) is 4.42 Å². The highest BCUT2D eigenvalue weighted by molar-refractivity contribution is 5.99. The lowest BCUT2D eigenvalue weighted by Gasteiger charge is -2.21. The monoisotopic (exact) mass is 490 g/mol. The number of furan rings is 1. The fraction of sp³-hybridized carbons (Fsp3) is 0.429. The molecule has 36 heavy (non-hydrogen) atoms. The smallest absolute Gasteiger partial charge is 0.257 e. The van der Waals surface area contributed by atoms with Gasteiger partial charge in [-0.25, -0.2) is 0 Å². The topological polar surface area (TPSA) is 106 Å². The quantitative estimate of drug-likeness (QED) is 0.486. The zero-order chi connectivity index (χ0) is 25.3. The van der Waals surface area contributed by atoms with Gasteiger partial charge in [0.15, 0.2) is 0 Å². The van der Waals surface area contributed by atoms with E-state index < -0.39 is 23.3 Å². The summed E-state index contributed by atoms with van der Waals surface area (Å²) in [4.78, 5) is 44.1. The molecule has 3 heterocycles. The van der Waals surface area contributed by atoms with Gasteiger partial charge in [-0.05, 0) is 44.0 Å². The molecule has 1 aliphatic rings. The van der Waals surface area contributed by atoms with Crippen molar-refractivity contribution in [3.63, 3.8) is 0 Å². The van der Waals surface area contributed by atoms with Gasteiger partial charge < -0.3 is 19.6 Å². The molecule has 1 atom stereocenters. The van der Waals surface area contributed by atoms with Crippen molar-refractivity contribution in [1.29, 1.82) is 0 Å². The van der Waals surface area contributed by atoms with Crippen LogP contribution < -0.4 is 16.1 Å². The molecule has 1 fully saturated rings. The molecule has 1 saturated carbocycles. The highest BCUT2D eigenvalue weighted by Crippen LogP contribution is 2.18. The SMILES string of the molecule is C[C@H](NC(=O)c1cn(CCc2ccccn2)cc(C(=O)NC2CCCCCCC2)c1=O)c1ccco1. The maximum Gasteiger partial charge on any atom is 0.257 e. The number of hydrogen-bond donors (Lipinski definition) is 2. The third kappa shape index (κ3) is 6.71. The summed E-state index contributed by atoms with van der Waals surface area (Å²) in [5, 5.41) is 5.88. The van der Waals surface area contributed by atoms with Crippen LogP contribution in [0, 0.1) is 0 Å². The predicted molar refractivity (Wildman–Crippen MR) is 137 cm³/mol. The van der Waals surface area contributed by atoms with Crippen LogP contribution in [0.3, 0.4) is 0 Å². The number of nitrogens with one attached hydrogen (secondary N) is 2. The van der Waals surface area contributed by atoms with E-state index in [2.05, 4.69) is 15.6 Å². The predicted octanol–water partition coefficient (Wildman–Crippen LogP) is 4.41. The van der Waals surface area contributed by atoms with Crippen LogP contribution in [-0.2, 0) is 13.0 Å². The van der Waals surface area contributed by atoms with Gasteiger partial charge in [-0.15, -0.1) is 0 Å². The minimum absolute atomic E-state index is 0.0172. The van der Waals surface area contributed by atoms with Gasteiger partial charge in [-0.1, -0.05) is 38.2 Å². The van der Waals surface area contributed by atoms with Crippen molar-refractivity contribution in [1.82, 2.24) is 20.2 Å². The minimum atomic E-state index is -0.573. The van der Waals surface area contributed by atoms with Crippen molar-refractivity contribution >= 4 is 11.8 Å². The number of rotatable bonds is 8. The molecule has 0 radical (unpaired) electrons. The van der Waals surface area contributed by atoms with Gasteiger partial charge in [0.25, 0.3) is 11.8 Å². The molecule has 0 unspecified atom stereocenters. The molecule has 190 valence electrons. The van der Waals surface area contributed by atoms with E-state index in [0.717, 1.165) is 44.2 Å². The van der Waals surface area contributed by atoms with Crippen LogP contribution in [-0.4, -0.2) is 27.4 Å². The first kappa shape index (κ1) is 25.4. The zero-order valence-corrected chi connectivity index (χ0v) is 20.7. The summed E-state index contributed by atoms with van der Waals surface area (Å²) in [6, 6.07) is 8.79. The first-order valence-corrected chi connectivity index (χ1v) is 12.8. The van der Waals surface area contributed by atoms with Crippen molar-refractivity contribution in [3.05, 3.63) is 88.0 Å². The van der Waals surface area contributed by atoms with Crippen molar-refractivity contribution in [3.8, 4) is 0 Å². The van der Waals surface area contributed by atoms with E-state index in [1.54, 1.807) is 36.0 Å². The van der Waals surface area contributed by atoms with Crippen LogP contribution in [0.2, 0.25) is 0 Å². The average Bonchev–Trinajstić information content (AvgIpc) is 3.41. The first-order chi connectivity index (χ1) is 17.5. The van der Waals surface area contributed by atoms with Crippen LogP contribution in [0.15, 0.2) is 64.4 Å². The second kappa shape index (κ2) is 12.3. The van der Waals surface area contributed by atoms with Crippen molar-refractivity contribution in [2.75, 3.05) is 0 Å². The van der Waals surface area contributed by atoms with Crippen LogP contribution in [0.4, 0.5) is 0 Å². The molecule has 0 aromatic carbocycles. The van der Waals surface area contributed by atoms with Crippen molar-refractivity contribution in [2.45, 2.75) is 76.9 Å². The Morgan fingerprint density at radius 1 is 1.03 bits per heavy atom. The minimum Gasteiger partial charge on any atom is -0.467 e. The molecule has 8 nitrogen and oxygen atoms in total. The van der Waals surface area contributed by atoms with E-state index >= 15 is 0 Å². The number of amides is 2. The Bertz CT molecular complexity index is 1200. The summed E-state index contributed by atoms with van der Waals surface area (Å²) in [6.45, 7) is 2.25. The van der Waals surface area contributed by atoms with Crippen LogP contribution in [0.1, 0.15) is 90.1 Å². The van der Waals surface area contributed by atoms with E-state index in [-0.39, 0.29) is 17.2 Å². The largest absolute Gasteiger partial charge is 0.467 e. The molecule has 3 aromatic heterocycles. The lowest BCUT2D eigenvalue weighted by atomic mass is 9.96. The highest BCUT2D eigenvalue weighted by atomic mass is 16.3. The summed E-state index contributed by atoms with van der Waals surface area (Å²) < 4.78 is 7.10. The fourth-order valence-corrected chi connectivity index (χ4v) is 4.62. The number of hydrogen-bond acceptors (Lipinski definition) is 5. The second-order valence-electron chi connectivity index (χ2n) is 9.45. The number of aromatic nitrogens is 2. The van der Waals surface area contributed by atoms with Gasteiger partial charge in [0.05, 0.1) is 12.3 Å². The molecule has 0 bridgehead atoms.